The molecule has 4 aliphatic rings. The van der Waals surface area contributed by atoms with Crippen LogP contribution in [0, 0.1) is 29.6 Å². The lowest BCUT2D eigenvalue weighted by atomic mass is 9.76. The normalized spacial score (nSPS) is 27.6. The Hall–Kier alpha value is -6.34. The van der Waals surface area contributed by atoms with Crippen molar-refractivity contribution in [2.45, 2.75) is 341 Å². The van der Waals surface area contributed by atoms with E-state index in [2.05, 4.69) is 19.2 Å². The van der Waals surface area contributed by atoms with E-state index in [0.29, 0.717) is 12.8 Å². The van der Waals surface area contributed by atoms with E-state index in [-0.39, 0.29) is 48.3 Å². The molecule has 5 unspecified atom stereocenters. The fourth-order valence-corrected chi connectivity index (χ4v) is 14.9. The quantitative estimate of drug-likeness (QED) is 0.0269. The summed E-state index contributed by atoms with van der Waals surface area (Å²) < 4.78 is 82.0. The SMILES string of the molecule is CCCCCCCCCCCCC/C=C/[C@H]1OC(=O)CCC(=O)OC[C@@H]2O[C@@H](OC[C@@H]1NC(=O)CCCCCCCCCCCCCCCCC)C(OC(=O)c1ccccc1)C(O)[C@@H]2O[C@@H]1OC(COC(=O)c2ccccc2)[C@H](C)[C@H](O[C@]2(C(=O)OC)CC(C)[C@@H](C)[C@H]([C@H](C)[C@@H](COC(C)=O)OC(C)=O)O2)C1C. The maximum atomic E-state index is 14.7. The molecule has 2 bridgehead atoms. The van der Waals surface area contributed by atoms with Gasteiger partial charge in [-0.3, -0.25) is 24.0 Å². The van der Waals surface area contributed by atoms with E-state index >= 15 is 0 Å². The monoisotopic (exact) mass is 1520 g/mol. The van der Waals surface area contributed by atoms with E-state index in [0.717, 1.165) is 51.4 Å². The third-order valence-electron chi connectivity index (χ3n) is 21.6. The molecule has 0 aliphatic carbocycles. The van der Waals surface area contributed by atoms with Gasteiger partial charge in [0.2, 0.25) is 5.91 Å². The zero-order chi connectivity index (χ0) is 78.2. The minimum atomic E-state index is -2.17. The minimum Gasteiger partial charge on any atom is -0.465 e. The Morgan fingerprint density at radius 2 is 1.18 bits per heavy atom. The highest BCUT2D eigenvalue weighted by atomic mass is 16.8. The number of esters is 7. The molecule has 0 spiro atoms. The van der Waals surface area contributed by atoms with E-state index in [9.17, 15) is 43.5 Å². The van der Waals surface area contributed by atoms with Gasteiger partial charge in [-0.25, -0.2) is 14.4 Å². The van der Waals surface area contributed by atoms with Gasteiger partial charge in [0.15, 0.2) is 18.7 Å². The Bertz CT molecular complexity index is 2990. The summed E-state index contributed by atoms with van der Waals surface area (Å²) in [6, 6.07) is 15.3. The van der Waals surface area contributed by atoms with Gasteiger partial charge in [0.25, 0.3) is 5.79 Å². The number of hydrogen-bond acceptors (Lipinski definition) is 22. The molecule has 6 rings (SSSR count). The molecular formula is C85H131NO22. The van der Waals surface area contributed by atoms with Crippen molar-refractivity contribution in [3.05, 3.63) is 83.9 Å². The summed E-state index contributed by atoms with van der Waals surface area (Å²) >= 11 is 0. The van der Waals surface area contributed by atoms with E-state index in [1.807, 2.05) is 19.9 Å². The van der Waals surface area contributed by atoms with Gasteiger partial charge >= 0.3 is 41.8 Å². The van der Waals surface area contributed by atoms with Crippen LogP contribution >= 0.6 is 0 Å². The third kappa shape index (κ3) is 30.7. The number of amides is 1. The lowest BCUT2D eigenvalue weighted by molar-refractivity contribution is -0.372. The Morgan fingerprint density at radius 3 is 1.73 bits per heavy atom. The van der Waals surface area contributed by atoms with Crippen LogP contribution in [0.5, 0.6) is 0 Å². The van der Waals surface area contributed by atoms with Gasteiger partial charge in [-0.1, -0.05) is 245 Å². The Morgan fingerprint density at radius 1 is 0.630 bits per heavy atom. The first-order chi connectivity index (χ1) is 52.1. The topological polar surface area (TPSA) is 289 Å². The molecule has 0 radical (unpaired) electrons. The van der Waals surface area contributed by atoms with Crippen molar-refractivity contribution in [1.29, 1.82) is 0 Å². The van der Waals surface area contributed by atoms with Crippen LogP contribution in [0.3, 0.4) is 0 Å². The van der Waals surface area contributed by atoms with Crippen LogP contribution in [0.1, 0.15) is 282 Å². The molecule has 2 N–H and O–H groups in total. The predicted molar refractivity (Wildman–Crippen MR) is 405 cm³/mol. The molecular weight excluding hydrogens is 1390 g/mol. The van der Waals surface area contributed by atoms with Gasteiger partial charge in [0.05, 0.1) is 62.0 Å². The second-order valence-electron chi connectivity index (χ2n) is 30.5. The number of nitrogens with one attached hydrogen (secondary N) is 1. The number of ether oxygens (including phenoxy) is 13. The van der Waals surface area contributed by atoms with E-state index in [1.54, 1.807) is 75.4 Å². The van der Waals surface area contributed by atoms with Gasteiger partial charge in [-0.15, -0.1) is 0 Å². The second-order valence-corrected chi connectivity index (χ2v) is 30.5. The number of unbranched alkanes of at least 4 members (excludes halogenated alkanes) is 25. The van der Waals surface area contributed by atoms with Crippen LogP contribution in [0.25, 0.3) is 0 Å². The van der Waals surface area contributed by atoms with Gasteiger partial charge in [-0.05, 0) is 61.4 Å². The summed E-state index contributed by atoms with van der Waals surface area (Å²) in [7, 11) is 1.19. The maximum absolute atomic E-state index is 14.7. The number of carbonyl (C=O) groups is 8. The van der Waals surface area contributed by atoms with Crippen molar-refractivity contribution >= 4 is 47.7 Å². The van der Waals surface area contributed by atoms with Crippen molar-refractivity contribution in [3.63, 3.8) is 0 Å². The van der Waals surface area contributed by atoms with Crippen LogP contribution in [-0.4, -0.2) is 166 Å². The number of aliphatic hydroxyl groups is 1. The molecule has 4 heterocycles. The fraction of sp³-hybridized carbons (Fsp3) is 0.741. The number of rotatable bonds is 45. The molecule has 2 aromatic rings. The van der Waals surface area contributed by atoms with Gasteiger partial charge < -0.3 is 72.0 Å². The first-order valence-corrected chi connectivity index (χ1v) is 40.9. The molecule has 23 nitrogen and oxygen atoms in total. The molecule has 108 heavy (non-hydrogen) atoms. The summed E-state index contributed by atoms with van der Waals surface area (Å²) in [5.41, 5.74) is 0.362. The standard InChI is InChI=1S/C85H131NO22/c1-11-13-15-17-19-21-23-25-26-28-30-32-34-36-44-50-72(89)86-67-54-100-83-79(105-81(94)66-47-41-38-42-48-66)75(92)78(71(104-83)57-98-73(90)51-52-74(91)102-68(67)49-43-35-33-31-29-27-24-22-20-18-16-14-12-2)106-82-62(7)77(61(6)70(103-82)56-99-80(93)65-45-39-37-40-46-65)108-85(84(95)96-10)53-58(3)59(4)76(107-85)60(5)69(101-64(9)88)55-97-63(8)87/h37-43,45-49,58-62,67-71,75-79,82-83,92H,11-36,44,50-57H2,1-10H3,(H,86,89)/b49-43+/t58?,59-,60-,61+,62?,67+,68-,69-,70?,71+,75?,76-,77+,78-,79?,82+,83-,85+/m1/s1. The zero-order valence-corrected chi connectivity index (χ0v) is 66.5. The Balaban J connectivity index is 1.31. The minimum absolute atomic E-state index is 0.0427. The molecule has 4 saturated heterocycles. The number of carbonyl (C=O) groups excluding carboxylic acids is 8. The van der Waals surface area contributed by atoms with Crippen LogP contribution < -0.4 is 5.32 Å². The Kier molecular flexibility index (Phi) is 41.8. The van der Waals surface area contributed by atoms with Crippen molar-refractivity contribution in [2.24, 2.45) is 29.6 Å². The summed E-state index contributed by atoms with van der Waals surface area (Å²) in [5, 5.41) is 16.2. The molecule has 2 aromatic carbocycles. The van der Waals surface area contributed by atoms with E-state index in [1.165, 1.54) is 142 Å². The number of aliphatic hydroxyl groups excluding tert-OH is 1. The highest BCUT2D eigenvalue weighted by Gasteiger charge is 2.59. The molecule has 608 valence electrons. The molecule has 1 amide bonds. The van der Waals surface area contributed by atoms with Crippen LogP contribution in [0.4, 0.5) is 0 Å². The second kappa shape index (κ2) is 49.8. The van der Waals surface area contributed by atoms with E-state index in [4.69, 9.17) is 61.6 Å². The van der Waals surface area contributed by atoms with Crippen LogP contribution in [0.15, 0.2) is 72.8 Å². The van der Waals surface area contributed by atoms with Crippen molar-refractivity contribution in [1.82, 2.24) is 5.32 Å². The number of methoxy groups -OCH3 is 1. The number of allylic oxidation sites excluding steroid dienone is 1. The average Bonchev–Trinajstić information content (AvgIpc) is 0.758. The highest BCUT2D eigenvalue weighted by Crippen LogP contribution is 2.46. The smallest absolute Gasteiger partial charge is 0.366 e. The zero-order valence-electron chi connectivity index (χ0n) is 66.5. The van der Waals surface area contributed by atoms with Crippen molar-refractivity contribution < 1.29 is 105 Å². The Labute approximate surface area is 643 Å². The number of benzene rings is 2. The van der Waals surface area contributed by atoms with Crippen molar-refractivity contribution in [2.75, 3.05) is 33.5 Å². The molecule has 4 fully saturated rings. The predicted octanol–water partition coefficient (Wildman–Crippen LogP) is 15.3. The molecule has 0 aromatic heterocycles. The van der Waals surface area contributed by atoms with Crippen molar-refractivity contribution in [3.8, 4) is 0 Å². The highest BCUT2D eigenvalue weighted by molar-refractivity contribution is 5.90. The average molecular weight is 1520 g/mol. The molecule has 18 atom stereocenters. The lowest BCUT2D eigenvalue weighted by Gasteiger charge is -2.52. The lowest BCUT2D eigenvalue weighted by Crippen LogP contribution is -2.65. The van der Waals surface area contributed by atoms with Gasteiger partial charge in [-0.2, -0.15) is 0 Å². The molecule has 4 aliphatic heterocycles. The maximum Gasteiger partial charge on any atom is 0.366 e. The number of cyclic esters (lactones) is 2. The number of hydrogen-bond donors (Lipinski definition) is 2. The first kappa shape index (κ1) is 90.5. The number of fused-ring (bicyclic) bond motifs is 2. The summed E-state index contributed by atoms with van der Waals surface area (Å²) in [4.78, 5) is 110. The largest absolute Gasteiger partial charge is 0.465 e. The van der Waals surface area contributed by atoms with Gasteiger partial charge in [0.1, 0.15) is 50.3 Å². The summed E-state index contributed by atoms with van der Waals surface area (Å²) in [6.07, 6.45) is 18.9. The fourth-order valence-electron chi connectivity index (χ4n) is 14.9. The summed E-state index contributed by atoms with van der Waals surface area (Å²) in [6.45, 7) is 14.3. The molecule has 0 saturated carbocycles. The third-order valence-corrected chi connectivity index (χ3v) is 21.6. The van der Waals surface area contributed by atoms with Crippen LogP contribution in [-0.2, 0) is 90.3 Å². The van der Waals surface area contributed by atoms with Gasteiger partial charge in [0, 0.05) is 44.4 Å². The first-order valence-electron chi connectivity index (χ1n) is 40.9. The molecule has 23 heteroatoms. The van der Waals surface area contributed by atoms with E-state index < -0.39 is 172 Å². The summed E-state index contributed by atoms with van der Waals surface area (Å²) in [5.74, 6) is -10.8. The van der Waals surface area contributed by atoms with Crippen LogP contribution in [0.2, 0.25) is 0 Å².